The fraction of sp³-hybridized carbons (Fsp3) is 0.294. The van der Waals surface area contributed by atoms with Crippen molar-refractivity contribution in [1.82, 2.24) is 14.9 Å². The first-order chi connectivity index (χ1) is 12.0. The molecule has 0 spiro atoms. The molecule has 1 heterocycles. The molecule has 25 heavy (non-hydrogen) atoms. The van der Waals surface area contributed by atoms with Crippen LogP contribution in [-0.2, 0) is 11.2 Å². The van der Waals surface area contributed by atoms with Crippen LogP contribution < -0.4 is 5.32 Å². The number of aromatic nitrogens is 2. The van der Waals surface area contributed by atoms with Crippen molar-refractivity contribution in [2.75, 3.05) is 5.75 Å². The van der Waals surface area contributed by atoms with Gasteiger partial charge in [0.1, 0.15) is 6.33 Å². The molecule has 0 aliphatic rings. The number of nitrogens with zero attached hydrogens (tertiary/aromatic N) is 2. The quantitative estimate of drug-likeness (QED) is 0.785. The minimum Gasteiger partial charge on any atom is -0.464 e. The van der Waals surface area contributed by atoms with Gasteiger partial charge in [0, 0.05) is 36.4 Å². The summed E-state index contributed by atoms with van der Waals surface area (Å²) < 4.78 is 0.968. The van der Waals surface area contributed by atoms with Crippen molar-refractivity contribution in [3.8, 4) is 0 Å². The van der Waals surface area contributed by atoms with Crippen LogP contribution >= 0.6 is 11.8 Å². The predicted octanol–water partition coefficient (Wildman–Crippen LogP) is 2.42. The average molecular weight is 361 g/mol. The number of hydrogen-bond acceptors (Lipinski definition) is 5. The van der Waals surface area contributed by atoms with Crippen LogP contribution in [0.1, 0.15) is 29.4 Å². The van der Waals surface area contributed by atoms with Crippen molar-refractivity contribution in [2.45, 2.75) is 25.8 Å². The van der Waals surface area contributed by atoms with Crippen molar-refractivity contribution in [1.29, 1.82) is 0 Å². The zero-order chi connectivity index (χ0) is 18.2. The molecule has 2 N–H and O–H groups in total. The van der Waals surface area contributed by atoms with Gasteiger partial charge < -0.3 is 10.4 Å². The summed E-state index contributed by atoms with van der Waals surface area (Å²) >= 11 is 1.11. The van der Waals surface area contributed by atoms with Gasteiger partial charge in [0.05, 0.1) is 5.69 Å². The SMILES string of the molecule is C[C@H](Cc1cn(C(=O)O)cn1)NC(=O)CCSC(=O)c1ccccc1. The summed E-state index contributed by atoms with van der Waals surface area (Å²) in [5.41, 5.74) is 1.21. The van der Waals surface area contributed by atoms with Crippen LogP contribution in [0.15, 0.2) is 42.9 Å². The summed E-state index contributed by atoms with van der Waals surface area (Å²) in [4.78, 5) is 38.6. The van der Waals surface area contributed by atoms with Gasteiger partial charge in [0.2, 0.25) is 11.0 Å². The van der Waals surface area contributed by atoms with Crippen molar-refractivity contribution in [3.63, 3.8) is 0 Å². The molecule has 7 nitrogen and oxygen atoms in total. The molecule has 0 aliphatic heterocycles. The third-order valence-electron chi connectivity index (χ3n) is 3.35. The fourth-order valence-corrected chi connectivity index (χ4v) is 2.95. The lowest BCUT2D eigenvalue weighted by Crippen LogP contribution is -2.34. The van der Waals surface area contributed by atoms with Gasteiger partial charge in [-0.1, -0.05) is 42.1 Å². The fourth-order valence-electron chi connectivity index (χ4n) is 2.18. The van der Waals surface area contributed by atoms with Crippen LogP contribution in [0.3, 0.4) is 0 Å². The molecule has 1 amide bonds. The minimum absolute atomic E-state index is 0.0549. The van der Waals surface area contributed by atoms with E-state index in [0.29, 0.717) is 23.4 Å². The van der Waals surface area contributed by atoms with Gasteiger partial charge in [-0.3, -0.25) is 9.59 Å². The number of nitrogens with one attached hydrogen (secondary N) is 1. The molecule has 1 atom stereocenters. The van der Waals surface area contributed by atoms with Crippen molar-refractivity contribution in [2.24, 2.45) is 0 Å². The number of benzene rings is 1. The third kappa shape index (κ3) is 6.07. The first kappa shape index (κ1) is 18.7. The Labute approximate surface area is 149 Å². The second kappa shape index (κ2) is 9.03. The Kier molecular flexibility index (Phi) is 6.76. The lowest BCUT2D eigenvalue weighted by molar-refractivity contribution is -0.121. The van der Waals surface area contributed by atoms with Crippen LogP contribution in [0.4, 0.5) is 4.79 Å². The van der Waals surface area contributed by atoms with Crippen molar-refractivity contribution < 1.29 is 19.5 Å². The lowest BCUT2D eigenvalue weighted by atomic mass is 10.2. The number of rotatable bonds is 7. The number of carbonyl (C=O) groups is 3. The summed E-state index contributed by atoms with van der Waals surface area (Å²) in [5, 5.41) is 11.6. The topological polar surface area (TPSA) is 101 Å². The molecule has 1 aromatic carbocycles. The van der Waals surface area contributed by atoms with Crippen LogP contribution in [0.2, 0.25) is 0 Å². The summed E-state index contributed by atoms with van der Waals surface area (Å²) in [6.45, 7) is 1.82. The zero-order valence-electron chi connectivity index (χ0n) is 13.7. The molecule has 0 unspecified atom stereocenters. The summed E-state index contributed by atoms with van der Waals surface area (Å²) in [7, 11) is 0. The molecule has 0 radical (unpaired) electrons. The van der Waals surface area contributed by atoms with E-state index in [9.17, 15) is 14.4 Å². The van der Waals surface area contributed by atoms with Gasteiger partial charge in [-0.2, -0.15) is 0 Å². The Bertz CT molecular complexity index is 745. The van der Waals surface area contributed by atoms with E-state index >= 15 is 0 Å². The van der Waals surface area contributed by atoms with Gasteiger partial charge in [-0.05, 0) is 6.92 Å². The Hall–Kier alpha value is -2.61. The predicted molar refractivity (Wildman–Crippen MR) is 94.8 cm³/mol. The Morgan fingerprint density at radius 1 is 1.28 bits per heavy atom. The lowest BCUT2D eigenvalue weighted by Gasteiger charge is -2.12. The largest absolute Gasteiger partial charge is 0.464 e. The molecule has 0 fully saturated rings. The minimum atomic E-state index is -1.10. The van der Waals surface area contributed by atoms with Gasteiger partial charge in [-0.15, -0.1) is 0 Å². The third-order valence-corrected chi connectivity index (χ3v) is 4.26. The van der Waals surface area contributed by atoms with Gasteiger partial charge >= 0.3 is 6.09 Å². The molecule has 1 aromatic heterocycles. The average Bonchev–Trinajstić information content (AvgIpc) is 3.04. The maximum atomic E-state index is 11.9. The van der Waals surface area contributed by atoms with E-state index in [1.54, 1.807) is 24.3 Å². The highest BCUT2D eigenvalue weighted by Crippen LogP contribution is 2.13. The van der Waals surface area contributed by atoms with E-state index in [1.165, 1.54) is 12.5 Å². The van der Waals surface area contributed by atoms with Crippen LogP contribution in [0.25, 0.3) is 0 Å². The molecule has 0 saturated heterocycles. The summed E-state index contributed by atoms with van der Waals surface area (Å²) in [6.07, 6.45) is 2.20. The van der Waals surface area contributed by atoms with Crippen molar-refractivity contribution >= 4 is 28.9 Å². The van der Waals surface area contributed by atoms with Crippen LogP contribution in [0.5, 0.6) is 0 Å². The highest BCUT2D eigenvalue weighted by Gasteiger charge is 2.12. The number of carboxylic acid groups (broad SMARTS) is 1. The second-order valence-electron chi connectivity index (χ2n) is 5.48. The summed E-state index contributed by atoms with van der Waals surface area (Å²) in [5.74, 6) is 0.249. The van der Waals surface area contributed by atoms with Gasteiger partial charge in [0.15, 0.2) is 0 Å². The number of imidazole rings is 1. The van der Waals surface area contributed by atoms with Gasteiger partial charge in [0.25, 0.3) is 0 Å². The number of amides is 1. The molecule has 0 aliphatic carbocycles. The first-order valence-corrected chi connectivity index (χ1v) is 8.72. The summed E-state index contributed by atoms with van der Waals surface area (Å²) in [6, 6.07) is 8.75. The maximum absolute atomic E-state index is 11.9. The van der Waals surface area contributed by atoms with E-state index in [2.05, 4.69) is 10.3 Å². The number of thioether (sulfide) groups is 1. The number of carbonyl (C=O) groups excluding carboxylic acids is 2. The van der Waals surface area contributed by atoms with E-state index in [1.807, 2.05) is 13.0 Å². The Balaban J connectivity index is 1.70. The van der Waals surface area contributed by atoms with Crippen LogP contribution in [0, 0.1) is 0 Å². The van der Waals surface area contributed by atoms with Crippen molar-refractivity contribution in [3.05, 3.63) is 54.1 Å². The molecule has 8 heteroatoms. The first-order valence-electron chi connectivity index (χ1n) is 7.73. The van der Waals surface area contributed by atoms with E-state index in [-0.39, 0.29) is 23.5 Å². The molecule has 0 bridgehead atoms. The number of hydrogen-bond donors (Lipinski definition) is 2. The van der Waals surface area contributed by atoms with Crippen LogP contribution in [-0.4, -0.2) is 43.6 Å². The van der Waals surface area contributed by atoms with E-state index in [0.717, 1.165) is 16.3 Å². The smallest absolute Gasteiger partial charge is 0.416 e. The monoisotopic (exact) mass is 361 g/mol. The second-order valence-corrected chi connectivity index (χ2v) is 6.55. The van der Waals surface area contributed by atoms with Gasteiger partial charge in [-0.25, -0.2) is 14.3 Å². The van der Waals surface area contributed by atoms with E-state index in [4.69, 9.17) is 5.11 Å². The normalized spacial score (nSPS) is 11.7. The Morgan fingerprint density at radius 2 is 2.00 bits per heavy atom. The van der Waals surface area contributed by atoms with E-state index < -0.39 is 6.09 Å². The molecular weight excluding hydrogens is 342 g/mol. The standard InChI is InChI=1S/C17H19N3O4S/c1-12(9-14-10-20(11-18-14)17(23)24)19-15(21)7-8-25-16(22)13-5-3-2-4-6-13/h2-6,10-12H,7-9H2,1H3,(H,19,21)(H,23,24)/t12-/m1/s1. The highest BCUT2D eigenvalue weighted by atomic mass is 32.2. The molecule has 0 saturated carbocycles. The zero-order valence-corrected chi connectivity index (χ0v) is 14.5. The molecule has 2 aromatic rings. The molecule has 132 valence electrons. The Morgan fingerprint density at radius 3 is 2.64 bits per heavy atom. The maximum Gasteiger partial charge on any atom is 0.416 e. The highest BCUT2D eigenvalue weighted by molar-refractivity contribution is 8.14. The molecule has 2 rings (SSSR count). The molecular formula is C17H19N3O4S.